The lowest BCUT2D eigenvalue weighted by Gasteiger charge is -2.30. The highest BCUT2D eigenvalue weighted by atomic mass is 19.1. The molecular weight excluding hydrogens is 255 g/mol. The molecule has 108 valence electrons. The standard InChI is InChI=1S/C15H21FN4/c1-11(10-19-7-3-2-4-8-19)20-14-6-5-12(16)9-13(14)18-15(20)17/h5-6,9,11H,2-4,7-8,10H2,1H3,(H2,17,18). The van der Waals surface area contributed by atoms with E-state index in [0.717, 1.165) is 25.2 Å². The van der Waals surface area contributed by atoms with Crippen molar-refractivity contribution in [1.29, 1.82) is 0 Å². The van der Waals surface area contributed by atoms with E-state index in [0.29, 0.717) is 11.5 Å². The van der Waals surface area contributed by atoms with E-state index >= 15 is 0 Å². The highest BCUT2D eigenvalue weighted by molar-refractivity contribution is 5.78. The summed E-state index contributed by atoms with van der Waals surface area (Å²) in [6, 6.07) is 4.91. The molecule has 1 aliphatic rings. The number of fused-ring (bicyclic) bond motifs is 1. The molecular formula is C15H21FN4. The Bertz CT molecular complexity index is 601. The van der Waals surface area contributed by atoms with Crippen LogP contribution >= 0.6 is 0 Å². The average Bonchev–Trinajstić information content (AvgIpc) is 2.74. The number of aromatic nitrogens is 2. The largest absolute Gasteiger partial charge is 0.369 e. The van der Waals surface area contributed by atoms with Crippen molar-refractivity contribution in [2.45, 2.75) is 32.2 Å². The van der Waals surface area contributed by atoms with Crippen molar-refractivity contribution in [3.05, 3.63) is 24.0 Å². The normalized spacial score (nSPS) is 18.5. The number of benzene rings is 1. The molecule has 1 unspecified atom stereocenters. The van der Waals surface area contributed by atoms with Crippen molar-refractivity contribution in [3.8, 4) is 0 Å². The molecule has 20 heavy (non-hydrogen) atoms. The van der Waals surface area contributed by atoms with Gasteiger partial charge in [0, 0.05) is 18.7 Å². The maximum Gasteiger partial charge on any atom is 0.201 e. The SMILES string of the molecule is CC(CN1CCCCC1)n1c(N)nc2cc(F)ccc21. The van der Waals surface area contributed by atoms with Crippen LogP contribution in [0.3, 0.4) is 0 Å². The Morgan fingerprint density at radius 1 is 1.30 bits per heavy atom. The summed E-state index contributed by atoms with van der Waals surface area (Å²) in [5, 5.41) is 0. The Morgan fingerprint density at radius 3 is 2.80 bits per heavy atom. The van der Waals surface area contributed by atoms with E-state index in [1.807, 2.05) is 4.57 Å². The lowest BCUT2D eigenvalue weighted by Crippen LogP contribution is -2.34. The molecule has 0 bridgehead atoms. The van der Waals surface area contributed by atoms with E-state index in [-0.39, 0.29) is 11.9 Å². The molecule has 0 radical (unpaired) electrons. The van der Waals surface area contributed by atoms with E-state index in [2.05, 4.69) is 16.8 Å². The second-order valence-corrected chi connectivity index (χ2v) is 5.68. The number of hydrogen-bond donors (Lipinski definition) is 1. The first-order valence-corrected chi connectivity index (χ1v) is 7.30. The van der Waals surface area contributed by atoms with Gasteiger partial charge in [0.15, 0.2) is 0 Å². The predicted octanol–water partition coefficient (Wildman–Crippen LogP) is 2.80. The van der Waals surface area contributed by atoms with Crippen LogP contribution in [0.1, 0.15) is 32.2 Å². The van der Waals surface area contributed by atoms with E-state index < -0.39 is 0 Å². The zero-order chi connectivity index (χ0) is 14.1. The number of halogens is 1. The smallest absolute Gasteiger partial charge is 0.201 e. The van der Waals surface area contributed by atoms with Gasteiger partial charge >= 0.3 is 0 Å². The second kappa shape index (κ2) is 5.40. The Labute approximate surface area is 118 Å². The van der Waals surface area contributed by atoms with Gasteiger partial charge in [-0.05, 0) is 45.0 Å². The second-order valence-electron chi connectivity index (χ2n) is 5.68. The summed E-state index contributed by atoms with van der Waals surface area (Å²) in [4.78, 5) is 6.75. The van der Waals surface area contributed by atoms with Gasteiger partial charge in [0.2, 0.25) is 5.95 Å². The summed E-state index contributed by atoms with van der Waals surface area (Å²) >= 11 is 0. The Hall–Kier alpha value is -1.62. The molecule has 2 heterocycles. The van der Waals surface area contributed by atoms with Gasteiger partial charge in [-0.1, -0.05) is 6.42 Å². The van der Waals surface area contributed by atoms with Crippen LogP contribution in [0, 0.1) is 5.82 Å². The fourth-order valence-corrected chi connectivity index (χ4v) is 3.15. The van der Waals surface area contributed by atoms with Gasteiger partial charge in [-0.3, -0.25) is 0 Å². The summed E-state index contributed by atoms with van der Waals surface area (Å²) in [5.41, 5.74) is 7.56. The topological polar surface area (TPSA) is 47.1 Å². The van der Waals surface area contributed by atoms with Gasteiger partial charge in [-0.25, -0.2) is 9.37 Å². The molecule has 0 aliphatic carbocycles. The number of anilines is 1. The fourth-order valence-electron chi connectivity index (χ4n) is 3.15. The maximum absolute atomic E-state index is 13.3. The van der Waals surface area contributed by atoms with Gasteiger partial charge in [0.1, 0.15) is 5.82 Å². The van der Waals surface area contributed by atoms with Crippen LogP contribution in [0.15, 0.2) is 18.2 Å². The van der Waals surface area contributed by atoms with Crippen molar-refractivity contribution < 1.29 is 4.39 Å². The molecule has 0 amide bonds. The van der Waals surface area contributed by atoms with Gasteiger partial charge in [-0.2, -0.15) is 0 Å². The van der Waals surface area contributed by atoms with Gasteiger partial charge in [0.25, 0.3) is 0 Å². The van der Waals surface area contributed by atoms with Crippen molar-refractivity contribution in [3.63, 3.8) is 0 Å². The summed E-state index contributed by atoms with van der Waals surface area (Å²) in [6.07, 6.45) is 3.89. The van der Waals surface area contributed by atoms with Gasteiger partial charge in [-0.15, -0.1) is 0 Å². The van der Waals surface area contributed by atoms with Crippen LogP contribution in [0.2, 0.25) is 0 Å². The van der Waals surface area contributed by atoms with E-state index in [9.17, 15) is 4.39 Å². The number of imidazole rings is 1. The zero-order valence-electron chi connectivity index (χ0n) is 11.8. The first-order chi connectivity index (χ1) is 9.65. The minimum absolute atomic E-state index is 0.239. The van der Waals surface area contributed by atoms with Crippen LogP contribution in [-0.4, -0.2) is 34.1 Å². The first-order valence-electron chi connectivity index (χ1n) is 7.30. The third-order valence-corrected chi connectivity index (χ3v) is 4.09. The molecule has 0 spiro atoms. The molecule has 5 heteroatoms. The molecule has 0 saturated carbocycles. The van der Waals surface area contributed by atoms with Crippen LogP contribution in [0.4, 0.5) is 10.3 Å². The average molecular weight is 276 g/mol. The zero-order valence-corrected chi connectivity index (χ0v) is 11.8. The number of nitrogens with two attached hydrogens (primary N) is 1. The minimum atomic E-state index is -0.272. The van der Waals surface area contributed by atoms with Crippen LogP contribution in [0.5, 0.6) is 0 Å². The van der Waals surface area contributed by atoms with Crippen molar-refractivity contribution in [1.82, 2.24) is 14.5 Å². The Morgan fingerprint density at radius 2 is 2.05 bits per heavy atom. The molecule has 1 aromatic heterocycles. The lowest BCUT2D eigenvalue weighted by atomic mass is 10.1. The molecule has 1 aliphatic heterocycles. The van der Waals surface area contributed by atoms with Crippen molar-refractivity contribution in [2.75, 3.05) is 25.4 Å². The first kappa shape index (κ1) is 13.4. The van der Waals surface area contributed by atoms with Crippen LogP contribution in [-0.2, 0) is 0 Å². The fraction of sp³-hybridized carbons (Fsp3) is 0.533. The van der Waals surface area contributed by atoms with Crippen molar-refractivity contribution >= 4 is 17.0 Å². The summed E-state index contributed by atoms with van der Waals surface area (Å²) in [5.74, 6) is 0.195. The summed E-state index contributed by atoms with van der Waals surface area (Å²) in [7, 11) is 0. The molecule has 1 atom stereocenters. The van der Waals surface area contributed by atoms with Crippen LogP contribution in [0.25, 0.3) is 11.0 Å². The highest BCUT2D eigenvalue weighted by Gasteiger charge is 2.18. The monoisotopic (exact) mass is 276 g/mol. The Kier molecular flexibility index (Phi) is 3.61. The third-order valence-electron chi connectivity index (χ3n) is 4.09. The lowest BCUT2D eigenvalue weighted by molar-refractivity contribution is 0.204. The van der Waals surface area contributed by atoms with E-state index in [1.54, 1.807) is 6.07 Å². The number of rotatable bonds is 3. The number of nitrogens with zero attached hydrogens (tertiary/aromatic N) is 3. The molecule has 1 aromatic carbocycles. The highest BCUT2D eigenvalue weighted by Crippen LogP contribution is 2.24. The Balaban J connectivity index is 1.86. The molecule has 1 fully saturated rings. The summed E-state index contributed by atoms with van der Waals surface area (Å²) < 4.78 is 15.3. The molecule has 2 aromatic rings. The quantitative estimate of drug-likeness (QED) is 0.937. The van der Waals surface area contributed by atoms with E-state index in [4.69, 9.17) is 5.73 Å². The molecule has 1 saturated heterocycles. The van der Waals surface area contributed by atoms with Crippen LogP contribution < -0.4 is 5.73 Å². The minimum Gasteiger partial charge on any atom is -0.369 e. The maximum atomic E-state index is 13.3. The molecule has 2 N–H and O–H groups in total. The number of hydrogen-bond acceptors (Lipinski definition) is 3. The predicted molar refractivity (Wildman–Crippen MR) is 79.1 cm³/mol. The van der Waals surface area contributed by atoms with Crippen molar-refractivity contribution in [2.24, 2.45) is 0 Å². The summed E-state index contributed by atoms with van der Waals surface area (Å²) in [6.45, 7) is 5.43. The molecule has 4 nitrogen and oxygen atoms in total. The number of nitrogen functional groups attached to an aromatic ring is 1. The molecule has 3 rings (SSSR count). The van der Waals surface area contributed by atoms with Gasteiger partial charge in [0.05, 0.1) is 11.0 Å². The third kappa shape index (κ3) is 2.50. The van der Waals surface area contributed by atoms with E-state index in [1.165, 1.54) is 31.4 Å². The van der Waals surface area contributed by atoms with Gasteiger partial charge < -0.3 is 15.2 Å². The number of likely N-dealkylation sites (tertiary alicyclic amines) is 1. The number of piperidine rings is 1.